The molecule has 1 aliphatic carbocycles. The van der Waals surface area contributed by atoms with Crippen molar-refractivity contribution in [2.75, 3.05) is 6.61 Å². The minimum Gasteiger partial charge on any atom is -0.482 e. The molecule has 1 aliphatic rings. The predicted octanol–water partition coefficient (Wildman–Crippen LogP) is 2.78. The maximum Gasteiger partial charge on any atom is 0.341 e. The van der Waals surface area contributed by atoms with E-state index in [-0.39, 0.29) is 6.61 Å². The Hall–Kier alpha value is -1.97. The standard InChI is InChI=1S/C14H14O4/c15-14(16)8-17-9-5-6-11-10-3-1-2-4-12(10)18-13(11)7-9/h5-7H,1-4,8H2,(H,15,16). The number of rotatable bonds is 3. The number of furan rings is 1. The molecule has 0 amide bonds. The second kappa shape index (κ2) is 4.37. The first-order valence-electron chi connectivity index (χ1n) is 6.13. The fraction of sp³-hybridized carbons (Fsp3) is 0.357. The molecule has 2 aromatic rings. The number of benzene rings is 1. The van der Waals surface area contributed by atoms with Crippen molar-refractivity contribution in [2.45, 2.75) is 25.7 Å². The Bertz CT molecular complexity index is 597. The van der Waals surface area contributed by atoms with Gasteiger partial charge in [-0.05, 0) is 31.4 Å². The first-order valence-corrected chi connectivity index (χ1v) is 6.13. The molecular formula is C14H14O4. The first kappa shape index (κ1) is 11.1. The molecule has 1 aromatic carbocycles. The fourth-order valence-electron chi connectivity index (χ4n) is 2.48. The molecule has 4 nitrogen and oxygen atoms in total. The van der Waals surface area contributed by atoms with E-state index in [1.54, 1.807) is 12.1 Å². The third-order valence-electron chi connectivity index (χ3n) is 3.29. The second-order valence-electron chi connectivity index (χ2n) is 4.55. The highest BCUT2D eigenvalue weighted by atomic mass is 16.5. The van der Waals surface area contributed by atoms with Crippen LogP contribution >= 0.6 is 0 Å². The number of fused-ring (bicyclic) bond motifs is 3. The monoisotopic (exact) mass is 246 g/mol. The van der Waals surface area contributed by atoms with Gasteiger partial charge < -0.3 is 14.3 Å². The maximum absolute atomic E-state index is 10.4. The SMILES string of the molecule is O=C(O)COc1ccc2c3c(oc2c1)CCCC3. The van der Waals surface area contributed by atoms with Crippen molar-refractivity contribution in [3.8, 4) is 5.75 Å². The van der Waals surface area contributed by atoms with Crippen molar-refractivity contribution in [3.63, 3.8) is 0 Å². The van der Waals surface area contributed by atoms with Gasteiger partial charge >= 0.3 is 5.97 Å². The lowest BCUT2D eigenvalue weighted by molar-refractivity contribution is -0.139. The molecule has 0 saturated heterocycles. The molecule has 0 saturated carbocycles. The highest BCUT2D eigenvalue weighted by molar-refractivity contribution is 5.84. The molecule has 0 radical (unpaired) electrons. The van der Waals surface area contributed by atoms with Crippen molar-refractivity contribution in [2.24, 2.45) is 0 Å². The van der Waals surface area contributed by atoms with Crippen LogP contribution in [0.2, 0.25) is 0 Å². The summed E-state index contributed by atoms with van der Waals surface area (Å²) in [4.78, 5) is 10.4. The molecule has 0 atom stereocenters. The van der Waals surface area contributed by atoms with Crippen molar-refractivity contribution in [1.29, 1.82) is 0 Å². The smallest absolute Gasteiger partial charge is 0.341 e. The van der Waals surface area contributed by atoms with Gasteiger partial charge in [-0.25, -0.2) is 4.79 Å². The van der Waals surface area contributed by atoms with Gasteiger partial charge in [0.2, 0.25) is 0 Å². The van der Waals surface area contributed by atoms with E-state index in [1.165, 1.54) is 18.4 Å². The Kier molecular flexibility index (Phi) is 2.70. The molecule has 0 unspecified atom stereocenters. The van der Waals surface area contributed by atoms with Crippen LogP contribution < -0.4 is 4.74 Å². The zero-order valence-electron chi connectivity index (χ0n) is 9.94. The molecule has 1 heterocycles. The number of ether oxygens (including phenoxy) is 1. The molecule has 94 valence electrons. The van der Waals surface area contributed by atoms with Crippen molar-refractivity contribution in [1.82, 2.24) is 0 Å². The summed E-state index contributed by atoms with van der Waals surface area (Å²) in [6, 6.07) is 5.53. The summed E-state index contributed by atoms with van der Waals surface area (Å²) in [6.45, 7) is -0.327. The van der Waals surface area contributed by atoms with E-state index in [0.29, 0.717) is 5.75 Å². The fourth-order valence-corrected chi connectivity index (χ4v) is 2.48. The number of hydrogen-bond donors (Lipinski definition) is 1. The molecule has 0 bridgehead atoms. The number of carboxylic acid groups (broad SMARTS) is 1. The molecule has 4 heteroatoms. The van der Waals surface area contributed by atoms with E-state index in [4.69, 9.17) is 14.3 Å². The molecular weight excluding hydrogens is 232 g/mol. The van der Waals surface area contributed by atoms with E-state index >= 15 is 0 Å². The Balaban J connectivity index is 1.95. The van der Waals surface area contributed by atoms with E-state index in [2.05, 4.69) is 0 Å². The van der Waals surface area contributed by atoms with Crippen LogP contribution in [0.5, 0.6) is 5.75 Å². The summed E-state index contributed by atoms with van der Waals surface area (Å²) in [6.07, 6.45) is 4.45. The lowest BCUT2D eigenvalue weighted by Crippen LogP contribution is -2.09. The van der Waals surface area contributed by atoms with Gasteiger partial charge in [-0.2, -0.15) is 0 Å². The minimum absolute atomic E-state index is 0.327. The molecule has 18 heavy (non-hydrogen) atoms. The highest BCUT2D eigenvalue weighted by Crippen LogP contribution is 2.33. The van der Waals surface area contributed by atoms with E-state index < -0.39 is 5.97 Å². The topological polar surface area (TPSA) is 59.7 Å². The normalized spacial score (nSPS) is 14.4. The Morgan fingerprint density at radius 1 is 1.33 bits per heavy atom. The van der Waals surface area contributed by atoms with Gasteiger partial charge in [-0.15, -0.1) is 0 Å². The van der Waals surface area contributed by atoms with Gasteiger partial charge in [-0.3, -0.25) is 0 Å². The van der Waals surface area contributed by atoms with Gasteiger partial charge in [0.15, 0.2) is 6.61 Å². The van der Waals surface area contributed by atoms with Crippen LogP contribution in [0.25, 0.3) is 11.0 Å². The average Bonchev–Trinajstić information content (AvgIpc) is 2.73. The summed E-state index contributed by atoms with van der Waals surface area (Å²) in [7, 11) is 0. The maximum atomic E-state index is 10.4. The van der Waals surface area contributed by atoms with Crippen LogP contribution in [0.15, 0.2) is 22.6 Å². The quantitative estimate of drug-likeness (QED) is 0.904. The summed E-state index contributed by atoms with van der Waals surface area (Å²) in [5.41, 5.74) is 2.10. The van der Waals surface area contributed by atoms with Crippen LogP contribution in [0.1, 0.15) is 24.2 Å². The number of carboxylic acids is 1. The summed E-state index contributed by atoms with van der Waals surface area (Å²) in [5, 5.41) is 9.70. The predicted molar refractivity (Wildman–Crippen MR) is 66.0 cm³/mol. The number of hydrogen-bond acceptors (Lipinski definition) is 3. The van der Waals surface area contributed by atoms with Crippen molar-refractivity contribution in [3.05, 3.63) is 29.5 Å². The zero-order valence-corrected chi connectivity index (χ0v) is 9.94. The largest absolute Gasteiger partial charge is 0.482 e. The zero-order chi connectivity index (χ0) is 12.5. The number of aryl methyl sites for hydroxylation is 2. The van der Waals surface area contributed by atoms with Gasteiger partial charge in [0.05, 0.1) is 0 Å². The van der Waals surface area contributed by atoms with Crippen LogP contribution in [-0.2, 0) is 17.6 Å². The van der Waals surface area contributed by atoms with E-state index in [0.717, 1.165) is 29.6 Å². The van der Waals surface area contributed by atoms with Crippen LogP contribution in [0.4, 0.5) is 0 Å². The summed E-state index contributed by atoms with van der Waals surface area (Å²) < 4.78 is 11.0. The van der Waals surface area contributed by atoms with Crippen LogP contribution in [0, 0.1) is 0 Å². The number of carbonyl (C=O) groups is 1. The van der Waals surface area contributed by atoms with Gasteiger partial charge in [-0.1, -0.05) is 0 Å². The van der Waals surface area contributed by atoms with Gasteiger partial charge in [0.25, 0.3) is 0 Å². The molecule has 0 aliphatic heterocycles. The summed E-state index contributed by atoms with van der Waals surface area (Å²) in [5.74, 6) is 0.636. The Labute approximate surface area is 104 Å². The Morgan fingerprint density at radius 3 is 3.00 bits per heavy atom. The Morgan fingerprint density at radius 2 is 2.17 bits per heavy atom. The molecule has 0 spiro atoms. The lowest BCUT2D eigenvalue weighted by atomic mass is 9.96. The van der Waals surface area contributed by atoms with Gasteiger partial charge in [0, 0.05) is 23.4 Å². The van der Waals surface area contributed by atoms with Crippen LogP contribution in [0.3, 0.4) is 0 Å². The molecule has 1 N–H and O–H groups in total. The molecule has 3 rings (SSSR count). The second-order valence-corrected chi connectivity index (χ2v) is 4.55. The molecule has 1 aromatic heterocycles. The van der Waals surface area contributed by atoms with E-state index in [1.807, 2.05) is 6.07 Å². The highest BCUT2D eigenvalue weighted by Gasteiger charge is 2.17. The number of aliphatic carboxylic acids is 1. The average molecular weight is 246 g/mol. The van der Waals surface area contributed by atoms with Crippen LogP contribution in [-0.4, -0.2) is 17.7 Å². The lowest BCUT2D eigenvalue weighted by Gasteiger charge is -2.08. The van der Waals surface area contributed by atoms with Crippen molar-refractivity contribution < 1.29 is 19.1 Å². The molecule has 0 fully saturated rings. The third kappa shape index (κ3) is 1.94. The third-order valence-corrected chi connectivity index (χ3v) is 3.29. The summed E-state index contributed by atoms with van der Waals surface area (Å²) >= 11 is 0. The first-order chi connectivity index (χ1) is 8.74. The van der Waals surface area contributed by atoms with Gasteiger partial charge in [0.1, 0.15) is 17.1 Å². The minimum atomic E-state index is -0.978. The van der Waals surface area contributed by atoms with E-state index in [9.17, 15) is 4.79 Å². The van der Waals surface area contributed by atoms with Crippen molar-refractivity contribution >= 4 is 16.9 Å².